The molecule has 0 atom stereocenters. The maximum atomic E-state index is 5.56. The summed E-state index contributed by atoms with van der Waals surface area (Å²) >= 11 is 0. The van der Waals surface area contributed by atoms with Crippen LogP contribution in [0.25, 0.3) is 22.2 Å². The van der Waals surface area contributed by atoms with Gasteiger partial charge < -0.3 is 9.64 Å². The van der Waals surface area contributed by atoms with Crippen LogP contribution in [-0.4, -0.2) is 31.3 Å². The molecule has 1 aliphatic heterocycles. The van der Waals surface area contributed by atoms with Gasteiger partial charge in [-0.1, -0.05) is 42.5 Å². The van der Waals surface area contributed by atoms with Crippen LogP contribution >= 0.6 is 0 Å². The number of morpholine rings is 1. The Morgan fingerprint density at radius 3 is 2.61 bits per heavy atom. The van der Waals surface area contributed by atoms with Crippen LogP contribution in [0.3, 0.4) is 0 Å². The lowest BCUT2D eigenvalue weighted by Gasteiger charge is -2.31. The van der Waals surface area contributed by atoms with E-state index in [-0.39, 0.29) is 0 Å². The normalized spacial score (nSPS) is 16.4. The van der Waals surface area contributed by atoms with Crippen molar-refractivity contribution in [2.75, 3.05) is 31.2 Å². The average Bonchev–Trinajstić information content (AvgIpc) is 2.98. The molecule has 0 radical (unpaired) electrons. The Balaban J connectivity index is 1.80. The average molecular weight is 302 g/mol. The molecule has 0 unspecified atom stereocenters. The minimum Gasteiger partial charge on any atom is -0.378 e. The Labute approximate surface area is 135 Å². The lowest BCUT2D eigenvalue weighted by Crippen LogP contribution is -2.37. The Morgan fingerprint density at radius 1 is 0.913 bits per heavy atom. The molecule has 2 heterocycles. The molecule has 0 spiro atoms. The van der Waals surface area contributed by atoms with Gasteiger partial charge in [-0.05, 0) is 11.6 Å². The van der Waals surface area contributed by atoms with Crippen LogP contribution in [0, 0.1) is 0 Å². The molecule has 0 N–H and O–H groups in total. The van der Waals surface area contributed by atoms with E-state index in [2.05, 4.69) is 53.4 Å². The first-order valence-corrected chi connectivity index (χ1v) is 8.24. The molecule has 2 aliphatic rings. The third kappa shape index (κ3) is 1.97. The number of benzene rings is 2. The molecule has 1 aliphatic carbocycles. The summed E-state index contributed by atoms with van der Waals surface area (Å²) in [5.74, 6) is 0. The number of hydrogen-bond acceptors (Lipinski definition) is 3. The van der Waals surface area contributed by atoms with E-state index >= 15 is 0 Å². The highest BCUT2D eigenvalue weighted by Crippen LogP contribution is 2.43. The second-order valence-electron chi connectivity index (χ2n) is 6.24. The van der Waals surface area contributed by atoms with Crippen molar-refractivity contribution in [3.05, 3.63) is 59.7 Å². The fraction of sp³-hybridized carbons (Fsp3) is 0.250. The molecule has 0 bridgehead atoms. The molecule has 0 amide bonds. The van der Waals surface area contributed by atoms with Crippen LogP contribution in [0.5, 0.6) is 0 Å². The van der Waals surface area contributed by atoms with Gasteiger partial charge in [0.05, 0.1) is 30.1 Å². The van der Waals surface area contributed by atoms with Crippen LogP contribution in [0.2, 0.25) is 0 Å². The number of pyridine rings is 1. The molecule has 1 fully saturated rings. The van der Waals surface area contributed by atoms with Crippen LogP contribution in [0.1, 0.15) is 11.1 Å². The molecule has 23 heavy (non-hydrogen) atoms. The van der Waals surface area contributed by atoms with Crippen molar-refractivity contribution in [3.63, 3.8) is 0 Å². The topological polar surface area (TPSA) is 25.4 Å². The molecule has 0 saturated carbocycles. The Bertz CT molecular complexity index is 897. The fourth-order valence-electron chi connectivity index (χ4n) is 3.87. The van der Waals surface area contributed by atoms with Gasteiger partial charge in [-0.15, -0.1) is 0 Å². The van der Waals surface area contributed by atoms with Crippen LogP contribution in [0.15, 0.2) is 48.5 Å². The largest absolute Gasteiger partial charge is 0.378 e. The summed E-state index contributed by atoms with van der Waals surface area (Å²) in [5.41, 5.74) is 7.68. The zero-order chi connectivity index (χ0) is 15.2. The quantitative estimate of drug-likeness (QED) is 0.537. The Kier molecular flexibility index (Phi) is 2.88. The van der Waals surface area contributed by atoms with Gasteiger partial charge in [-0.3, -0.25) is 0 Å². The molecule has 3 heteroatoms. The lowest BCUT2D eigenvalue weighted by molar-refractivity contribution is 0.123. The number of para-hydroxylation sites is 1. The second kappa shape index (κ2) is 5.07. The molecule has 1 saturated heterocycles. The minimum absolute atomic E-state index is 0.804. The highest BCUT2D eigenvalue weighted by atomic mass is 16.5. The van der Waals surface area contributed by atoms with E-state index in [4.69, 9.17) is 9.72 Å². The molecule has 3 aromatic rings. The van der Waals surface area contributed by atoms with Gasteiger partial charge in [0.25, 0.3) is 0 Å². The van der Waals surface area contributed by atoms with Crippen molar-refractivity contribution in [2.45, 2.75) is 6.42 Å². The van der Waals surface area contributed by atoms with E-state index in [0.717, 1.165) is 38.2 Å². The first-order chi connectivity index (χ1) is 11.4. The smallest absolute Gasteiger partial charge is 0.0768 e. The number of anilines is 1. The van der Waals surface area contributed by atoms with E-state index in [1.807, 2.05) is 0 Å². The van der Waals surface area contributed by atoms with E-state index in [9.17, 15) is 0 Å². The van der Waals surface area contributed by atoms with Crippen molar-refractivity contribution in [3.8, 4) is 11.3 Å². The zero-order valence-electron chi connectivity index (χ0n) is 13.0. The molecule has 2 aromatic carbocycles. The Hall–Kier alpha value is -2.39. The second-order valence-corrected chi connectivity index (χ2v) is 6.24. The predicted octanol–water partition coefficient (Wildman–Crippen LogP) is 3.64. The van der Waals surface area contributed by atoms with Gasteiger partial charge in [0.1, 0.15) is 0 Å². The summed E-state index contributed by atoms with van der Waals surface area (Å²) in [6.07, 6.45) is 0.982. The van der Waals surface area contributed by atoms with Gasteiger partial charge in [-0.2, -0.15) is 0 Å². The van der Waals surface area contributed by atoms with Crippen LogP contribution in [0.4, 0.5) is 5.69 Å². The summed E-state index contributed by atoms with van der Waals surface area (Å²) in [6, 6.07) is 17.2. The minimum atomic E-state index is 0.804. The first-order valence-electron chi connectivity index (χ1n) is 8.24. The van der Waals surface area contributed by atoms with E-state index in [1.54, 1.807) is 0 Å². The van der Waals surface area contributed by atoms with Gasteiger partial charge in [0, 0.05) is 36.0 Å². The molecule has 1 aromatic heterocycles. The predicted molar refractivity (Wildman–Crippen MR) is 93.0 cm³/mol. The first kappa shape index (κ1) is 13.1. The van der Waals surface area contributed by atoms with Gasteiger partial charge in [0.2, 0.25) is 0 Å². The van der Waals surface area contributed by atoms with Crippen LogP contribution < -0.4 is 4.90 Å². The summed E-state index contributed by atoms with van der Waals surface area (Å²) in [5, 5.41) is 1.26. The molecule has 3 nitrogen and oxygen atoms in total. The zero-order valence-corrected chi connectivity index (χ0v) is 13.0. The maximum absolute atomic E-state index is 5.56. The maximum Gasteiger partial charge on any atom is 0.0768 e. The SMILES string of the molecule is c1ccc2c(c1)Cc1c-2nc2ccccc2c1N1CCOCC1. The third-order valence-electron chi connectivity index (χ3n) is 4.93. The Morgan fingerprint density at radius 2 is 1.70 bits per heavy atom. The van der Waals surface area contributed by atoms with Crippen molar-refractivity contribution in [1.82, 2.24) is 4.98 Å². The van der Waals surface area contributed by atoms with Crippen molar-refractivity contribution < 1.29 is 4.74 Å². The number of aromatic nitrogens is 1. The van der Waals surface area contributed by atoms with Gasteiger partial charge in [-0.25, -0.2) is 4.98 Å². The summed E-state index contributed by atoms with van der Waals surface area (Å²) < 4.78 is 5.56. The molecule has 114 valence electrons. The van der Waals surface area contributed by atoms with E-state index in [1.165, 1.54) is 33.5 Å². The van der Waals surface area contributed by atoms with E-state index in [0.29, 0.717) is 0 Å². The number of nitrogens with zero attached hydrogens (tertiary/aromatic N) is 2. The van der Waals surface area contributed by atoms with Crippen molar-refractivity contribution in [2.24, 2.45) is 0 Å². The molecule has 5 rings (SSSR count). The number of hydrogen-bond donors (Lipinski definition) is 0. The standard InChI is InChI=1S/C20H18N2O/c1-2-6-15-14(5-1)13-17-19(15)21-18-8-4-3-7-16(18)20(17)22-9-11-23-12-10-22/h1-8H,9-13H2. The van der Waals surface area contributed by atoms with Gasteiger partial charge in [0.15, 0.2) is 0 Å². The van der Waals surface area contributed by atoms with Gasteiger partial charge >= 0.3 is 0 Å². The number of ether oxygens (including phenoxy) is 1. The van der Waals surface area contributed by atoms with E-state index < -0.39 is 0 Å². The molecular formula is C20H18N2O. The number of fused-ring (bicyclic) bond motifs is 4. The van der Waals surface area contributed by atoms with Crippen LogP contribution in [-0.2, 0) is 11.2 Å². The van der Waals surface area contributed by atoms with Crippen molar-refractivity contribution >= 4 is 16.6 Å². The fourth-order valence-corrected chi connectivity index (χ4v) is 3.87. The summed E-state index contributed by atoms with van der Waals surface area (Å²) in [7, 11) is 0. The summed E-state index contributed by atoms with van der Waals surface area (Å²) in [6.45, 7) is 3.52. The highest BCUT2D eigenvalue weighted by molar-refractivity contribution is 5.98. The highest BCUT2D eigenvalue weighted by Gasteiger charge is 2.27. The lowest BCUT2D eigenvalue weighted by atomic mass is 10.0. The third-order valence-corrected chi connectivity index (χ3v) is 4.93. The van der Waals surface area contributed by atoms with Crippen molar-refractivity contribution in [1.29, 1.82) is 0 Å². The summed E-state index contributed by atoms with van der Waals surface area (Å²) in [4.78, 5) is 7.48. The monoisotopic (exact) mass is 302 g/mol. The number of rotatable bonds is 1. The molecular weight excluding hydrogens is 284 g/mol.